The van der Waals surface area contributed by atoms with Crippen LogP contribution in [0.2, 0.25) is 0 Å². The highest BCUT2D eigenvalue weighted by Crippen LogP contribution is 2.04. The molecule has 0 aliphatic rings. The summed E-state index contributed by atoms with van der Waals surface area (Å²) in [6.07, 6.45) is 3.07. The SMILES string of the molecule is CCN(CC)C(=O)c1cnc2ccc(C)cn2c1=O. The minimum absolute atomic E-state index is 0.117. The summed E-state index contributed by atoms with van der Waals surface area (Å²) >= 11 is 0. The first-order valence-corrected chi connectivity index (χ1v) is 6.35. The maximum atomic E-state index is 12.3. The van der Waals surface area contributed by atoms with Crippen LogP contribution < -0.4 is 5.56 Å². The quantitative estimate of drug-likeness (QED) is 0.839. The van der Waals surface area contributed by atoms with E-state index in [1.165, 1.54) is 10.6 Å². The Morgan fingerprint density at radius 1 is 1.32 bits per heavy atom. The lowest BCUT2D eigenvalue weighted by molar-refractivity contribution is 0.0770. The van der Waals surface area contributed by atoms with Gasteiger partial charge in [-0.3, -0.25) is 14.0 Å². The van der Waals surface area contributed by atoms with Gasteiger partial charge in [-0.1, -0.05) is 6.07 Å². The molecule has 2 aromatic rings. The number of hydrogen-bond donors (Lipinski definition) is 0. The third-order valence-electron chi connectivity index (χ3n) is 3.13. The molecule has 2 heterocycles. The van der Waals surface area contributed by atoms with Crippen molar-refractivity contribution in [3.8, 4) is 0 Å². The number of carbonyl (C=O) groups is 1. The fourth-order valence-electron chi connectivity index (χ4n) is 2.01. The number of pyridine rings is 1. The second kappa shape index (κ2) is 5.22. The molecule has 0 aromatic carbocycles. The minimum atomic E-state index is -0.314. The van der Waals surface area contributed by atoms with Crippen LogP contribution in [0.15, 0.2) is 29.3 Å². The number of aryl methyl sites for hydroxylation is 1. The molecular weight excluding hydrogens is 242 g/mol. The van der Waals surface area contributed by atoms with Crippen molar-refractivity contribution in [1.29, 1.82) is 0 Å². The zero-order valence-corrected chi connectivity index (χ0v) is 11.4. The van der Waals surface area contributed by atoms with Gasteiger partial charge in [-0.15, -0.1) is 0 Å². The second-order valence-electron chi connectivity index (χ2n) is 4.39. The fraction of sp³-hybridized carbons (Fsp3) is 0.357. The van der Waals surface area contributed by atoms with Gasteiger partial charge < -0.3 is 4.90 Å². The van der Waals surface area contributed by atoms with Crippen LogP contribution in [0.3, 0.4) is 0 Å². The predicted molar refractivity (Wildman–Crippen MR) is 73.5 cm³/mol. The van der Waals surface area contributed by atoms with Gasteiger partial charge in [-0.25, -0.2) is 4.98 Å². The van der Waals surface area contributed by atoms with E-state index in [0.717, 1.165) is 5.56 Å². The third-order valence-corrected chi connectivity index (χ3v) is 3.13. The Morgan fingerprint density at radius 2 is 2.00 bits per heavy atom. The zero-order valence-electron chi connectivity index (χ0n) is 11.4. The average molecular weight is 259 g/mol. The van der Waals surface area contributed by atoms with Crippen LogP contribution in [-0.4, -0.2) is 33.3 Å². The highest BCUT2D eigenvalue weighted by molar-refractivity contribution is 5.93. The van der Waals surface area contributed by atoms with Crippen molar-refractivity contribution in [2.24, 2.45) is 0 Å². The molecule has 0 unspecified atom stereocenters. The molecule has 5 heteroatoms. The molecule has 19 heavy (non-hydrogen) atoms. The lowest BCUT2D eigenvalue weighted by Gasteiger charge is -2.18. The molecule has 0 radical (unpaired) electrons. The van der Waals surface area contributed by atoms with Crippen LogP contribution in [0.1, 0.15) is 29.8 Å². The summed E-state index contributed by atoms with van der Waals surface area (Å²) in [5.41, 5.74) is 1.30. The monoisotopic (exact) mass is 259 g/mol. The predicted octanol–water partition coefficient (Wildman–Crippen LogP) is 1.48. The summed E-state index contributed by atoms with van der Waals surface area (Å²) in [7, 11) is 0. The number of rotatable bonds is 3. The van der Waals surface area contributed by atoms with Crippen LogP contribution in [0.4, 0.5) is 0 Å². The van der Waals surface area contributed by atoms with E-state index >= 15 is 0 Å². The number of hydrogen-bond acceptors (Lipinski definition) is 3. The van der Waals surface area contributed by atoms with Crippen LogP contribution in [0.5, 0.6) is 0 Å². The van der Waals surface area contributed by atoms with Gasteiger partial charge in [0.25, 0.3) is 11.5 Å². The van der Waals surface area contributed by atoms with E-state index < -0.39 is 0 Å². The average Bonchev–Trinajstić information content (AvgIpc) is 2.41. The van der Waals surface area contributed by atoms with Gasteiger partial charge in [0.2, 0.25) is 0 Å². The Bertz CT molecular complexity index is 672. The standard InChI is InChI=1S/C14H17N3O2/c1-4-16(5-2)13(18)11-8-15-12-7-6-10(3)9-17(12)14(11)19/h6-9H,4-5H2,1-3H3. The van der Waals surface area contributed by atoms with Crippen molar-refractivity contribution in [1.82, 2.24) is 14.3 Å². The summed E-state index contributed by atoms with van der Waals surface area (Å²) in [4.78, 5) is 30.3. The highest BCUT2D eigenvalue weighted by Gasteiger charge is 2.17. The van der Waals surface area contributed by atoms with Gasteiger partial charge in [0.05, 0.1) is 0 Å². The Hall–Kier alpha value is -2.17. The lowest BCUT2D eigenvalue weighted by atomic mass is 10.2. The summed E-state index contributed by atoms with van der Waals surface area (Å²) in [6, 6.07) is 3.65. The molecule has 0 N–H and O–H groups in total. The minimum Gasteiger partial charge on any atom is -0.339 e. The van der Waals surface area contributed by atoms with E-state index in [9.17, 15) is 9.59 Å². The number of aromatic nitrogens is 2. The molecule has 0 aliphatic heterocycles. The number of amides is 1. The van der Waals surface area contributed by atoms with Gasteiger partial charge in [-0.05, 0) is 32.4 Å². The van der Waals surface area contributed by atoms with Crippen LogP contribution in [0.25, 0.3) is 5.65 Å². The Kier molecular flexibility index (Phi) is 3.64. The number of carbonyl (C=O) groups excluding carboxylic acids is 1. The van der Waals surface area contributed by atoms with Gasteiger partial charge in [0, 0.05) is 25.5 Å². The third kappa shape index (κ3) is 2.36. The first-order chi connectivity index (χ1) is 9.08. The molecule has 1 amide bonds. The van der Waals surface area contributed by atoms with Gasteiger partial charge in [0.1, 0.15) is 11.2 Å². The number of nitrogens with zero attached hydrogens (tertiary/aromatic N) is 3. The van der Waals surface area contributed by atoms with Gasteiger partial charge >= 0.3 is 0 Å². The molecule has 0 spiro atoms. The van der Waals surface area contributed by atoms with Gasteiger partial charge in [-0.2, -0.15) is 0 Å². The van der Waals surface area contributed by atoms with E-state index in [4.69, 9.17) is 0 Å². The lowest BCUT2D eigenvalue weighted by Crippen LogP contribution is -2.35. The van der Waals surface area contributed by atoms with Gasteiger partial charge in [0.15, 0.2) is 0 Å². The summed E-state index contributed by atoms with van der Waals surface area (Å²) in [5.74, 6) is -0.265. The number of fused-ring (bicyclic) bond motifs is 1. The van der Waals surface area contributed by atoms with E-state index in [1.807, 2.05) is 26.8 Å². The van der Waals surface area contributed by atoms with Crippen molar-refractivity contribution in [2.75, 3.05) is 13.1 Å². The molecule has 2 aromatic heterocycles. The highest BCUT2D eigenvalue weighted by atomic mass is 16.2. The smallest absolute Gasteiger partial charge is 0.270 e. The second-order valence-corrected chi connectivity index (χ2v) is 4.39. The molecule has 0 atom stereocenters. The maximum Gasteiger partial charge on any atom is 0.270 e. The molecule has 2 rings (SSSR count). The Balaban J connectivity index is 2.60. The first-order valence-electron chi connectivity index (χ1n) is 6.35. The van der Waals surface area contributed by atoms with Crippen molar-refractivity contribution in [2.45, 2.75) is 20.8 Å². The van der Waals surface area contributed by atoms with E-state index in [2.05, 4.69) is 4.98 Å². The van der Waals surface area contributed by atoms with E-state index in [1.54, 1.807) is 17.2 Å². The maximum absolute atomic E-state index is 12.3. The summed E-state index contributed by atoms with van der Waals surface area (Å²) in [6.45, 7) is 6.82. The van der Waals surface area contributed by atoms with Crippen molar-refractivity contribution >= 4 is 11.6 Å². The molecule has 0 saturated heterocycles. The first kappa shape index (κ1) is 13.3. The molecule has 100 valence electrons. The largest absolute Gasteiger partial charge is 0.339 e. The molecule has 0 saturated carbocycles. The van der Waals surface area contributed by atoms with Crippen LogP contribution >= 0.6 is 0 Å². The van der Waals surface area contributed by atoms with Crippen molar-refractivity contribution in [3.63, 3.8) is 0 Å². The van der Waals surface area contributed by atoms with Crippen molar-refractivity contribution in [3.05, 3.63) is 46.0 Å². The molecular formula is C14H17N3O2. The van der Waals surface area contributed by atoms with E-state index in [-0.39, 0.29) is 17.0 Å². The Morgan fingerprint density at radius 3 is 2.63 bits per heavy atom. The van der Waals surface area contributed by atoms with Crippen LogP contribution in [-0.2, 0) is 0 Å². The normalized spacial score (nSPS) is 10.7. The molecule has 0 bridgehead atoms. The molecule has 0 fully saturated rings. The molecule has 5 nitrogen and oxygen atoms in total. The molecule has 0 aliphatic carbocycles. The summed E-state index contributed by atoms with van der Waals surface area (Å²) < 4.78 is 1.42. The Labute approximate surface area is 111 Å². The van der Waals surface area contributed by atoms with E-state index in [0.29, 0.717) is 18.7 Å². The van der Waals surface area contributed by atoms with Crippen molar-refractivity contribution < 1.29 is 4.79 Å². The topological polar surface area (TPSA) is 54.7 Å². The summed E-state index contributed by atoms with van der Waals surface area (Å²) in [5, 5.41) is 0. The zero-order chi connectivity index (χ0) is 14.0. The fourth-order valence-corrected chi connectivity index (χ4v) is 2.01. The van der Waals surface area contributed by atoms with Crippen LogP contribution in [0, 0.1) is 6.92 Å².